The number of nitrogens with one attached hydrogen (secondary N) is 4. The van der Waals surface area contributed by atoms with E-state index in [1.54, 1.807) is 93.9 Å². The van der Waals surface area contributed by atoms with Crippen LogP contribution in [0.1, 0.15) is 31.9 Å². The van der Waals surface area contributed by atoms with Gasteiger partial charge in [-0.15, -0.1) is 0 Å². The lowest BCUT2D eigenvalue weighted by atomic mass is 10.2. The molecule has 1 aliphatic rings. The Morgan fingerprint density at radius 2 is 1.40 bits per heavy atom. The summed E-state index contributed by atoms with van der Waals surface area (Å²) in [5.74, 6) is -6.29. The van der Waals surface area contributed by atoms with Gasteiger partial charge in [0.15, 0.2) is 0 Å². The van der Waals surface area contributed by atoms with Crippen LogP contribution in [0.5, 0.6) is 0 Å². The van der Waals surface area contributed by atoms with E-state index in [9.17, 15) is 57.8 Å². The summed E-state index contributed by atoms with van der Waals surface area (Å²) in [5, 5.41) is 18.3. The van der Waals surface area contributed by atoms with Crippen LogP contribution in [0.2, 0.25) is 0 Å². The summed E-state index contributed by atoms with van der Waals surface area (Å²) < 4.78 is 15.8. The number of carboxylic acids is 1. The second kappa shape index (κ2) is 33.8. The number of amides is 8. The van der Waals surface area contributed by atoms with E-state index in [4.69, 9.17) is 14.2 Å². The summed E-state index contributed by atoms with van der Waals surface area (Å²) in [6.45, 7) is 3.36. The van der Waals surface area contributed by atoms with Crippen LogP contribution in [0, 0.1) is 0 Å². The van der Waals surface area contributed by atoms with E-state index in [-0.39, 0.29) is 42.0 Å². The van der Waals surface area contributed by atoms with Crippen molar-refractivity contribution in [1.29, 1.82) is 0 Å². The first-order chi connectivity index (χ1) is 36.9. The Labute approximate surface area is 478 Å². The topological polar surface area (TPSA) is 297 Å². The molecular weight excluding hydrogens is 1130 g/mol. The van der Waals surface area contributed by atoms with Crippen LogP contribution in [0.15, 0.2) is 60.7 Å². The van der Waals surface area contributed by atoms with Crippen molar-refractivity contribution in [2.45, 2.75) is 75.8 Å². The minimum Gasteiger partial charge on any atom is -0.480 e. The zero-order chi connectivity index (χ0) is 58.1. The van der Waals surface area contributed by atoms with Crippen LogP contribution < -0.4 is 21.3 Å². The lowest BCUT2D eigenvalue weighted by Crippen LogP contribution is -2.57. The van der Waals surface area contributed by atoms with Gasteiger partial charge in [0.25, 0.3) is 0 Å². The molecule has 78 heavy (non-hydrogen) atoms. The quantitative estimate of drug-likeness (QED) is 0.0996. The number of ether oxygens (including phenoxy) is 3. The second-order valence-corrected chi connectivity index (χ2v) is 24.6. The number of carbonyl (C=O) groups excluding carboxylic acids is 10. The fourth-order valence-electron chi connectivity index (χ4n) is 6.73. The molecule has 23 nitrogen and oxygen atoms in total. The highest BCUT2D eigenvalue weighted by molar-refractivity contribution is 8.76. The van der Waals surface area contributed by atoms with E-state index in [1.807, 2.05) is 0 Å². The van der Waals surface area contributed by atoms with Crippen LogP contribution >= 0.6 is 68.6 Å². The molecule has 1 heterocycles. The number of benzene rings is 2. The molecule has 2 aromatic carbocycles. The minimum absolute atomic E-state index is 0.0291. The molecule has 0 saturated carbocycles. The molecule has 3 rings (SSSR count). The number of hydrogen-bond donors (Lipinski definition) is 5. The Balaban J connectivity index is 1.98. The third-order valence-electron chi connectivity index (χ3n) is 11.3. The molecule has 0 bridgehead atoms. The summed E-state index contributed by atoms with van der Waals surface area (Å²) in [4.78, 5) is 154. The fourth-order valence-corrected chi connectivity index (χ4v) is 12.8. The lowest BCUT2D eigenvalue weighted by Gasteiger charge is -2.35. The van der Waals surface area contributed by atoms with Gasteiger partial charge in [-0.05, 0) is 44.4 Å². The largest absolute Gasteiger partial charge is 0.480 e. The first-order valence-electron chi connectivity index (χ1n) is 23.9. The summed E-state index contributed by atoms with van der Waals surface area (Å²) in [5.41, 5.74) is 0.423. The summed E-state index contributed by atoms with van der Waals surface area (Å²) in [6, 6.07) is 9.36. The van der Waals surface area contributed by atoms with Crippen LogP contribution in [-0.4, -0.2) is 219 Å². The van der Waals surface area contributed by atoms with Gasteiger partial charge in [0.2, 0.25) is 39.8 Å². The average Bonchev–Trinajstić information content (AvgIpc) is 3.42. The normalized spacial score (nSPS) is 18.9. The van der Waals surface area contributed by atoms with Crippen LogP contribution in [0.3, 0.4) is 0 Å². The molecule has 430 valence electrons. The number of thioether (sulfide) groups is 4. The third kappa shape index (κ3) is 22.7. The van der Waals surface area contributed by atoms with E-state index < -0.39 is 125 Å². The number of aliphatic carboxylic acids is 1. The van der Waals surface area contributed by atoms with E-state index in [1.165, 1.54) is 56.6 Å². The molecule has 1 fully saturated rings. The fraction of sp³-hybridized carbons (Fsp3) is 0.531. The van der Waals surface area contributed by atoms with Gasteiger partial charge in [0.1, 0.15) is 61.6 Å². The Kier molecular flexibility index (Phi) is 29.0. The molecule has 0 aliphatic carbocycles. The van der Waals surface area contributed by atoms with E-state index in [0.717, 1.165) is 36.3 Å². The Morgan fingerprint density at radius 3 is 1.96 bits per heavy atom. The van der Waals surface area contributed by atoms with Crippen molar-refractivity contribution in [3.8, 4) is 0 Å². The second-order valence-electron chi connectivity index (χ2n) is 18.1. The monoisotopic (exact) mass is 1200 g/mol. The first kappa shape index (κ1) is 66.8. The highest BCUT2D eigenvalue weighted by Gasteiger charge is 2.39. The molecule has 8 amide bonds. The van der Waals surface area contributed by atoms with Gasteiger partial charge >= 0.3 is 24.2 Å². The number of rotatable bonds is 19. The van der Waals surface area contributed by atoms with Crippen LogP contribution in [0.25, 0.3) is 0 Å². The molecule has 0 aromatic heterocycles. The molecule has 0 spiro atoms. The van der Waals surface area contributed by atoms with Crippen molar-refractivity contribution in [2.24, 2.45) is 0 Å². The summed E-state index contributed by atoms with van der Waals surface area (Å²) >= 11 is 3.67. The van der Waals surface area contributed by atoms with Crippen molar-refractivity contribution >= 4 is 133 Å². The number of nitrogens with zero attached hydrogens (tertiary/aromatic N) is 4. The van der Waals surface area contributed by atoms with Crippen LogP contribution in [-0.2, 0) is 65.8 Å². The molecule has 0 radical (unpaired) electrons. The van der Waals surface area contributed by atoms with Crippen molar-refractivity contribution in [3.05, 3.63) is 71.8 Å². The van der Waals surface area contributed by atoms with Gasteiger partial charge in [-0.3, -0.25) is 33.6 Å². The highest BCUT2D eigenvalue weighted by atomic mass is 33.1. The summed E-state index contributed by atoms with van der Waals surface area (Å²) in [6.07, 6.45) is 0.466. The minimum atomic E-state index is -1.57. The van der Waals surface area contributed by atoms with E-state index in [0.29, 0.717) is 34.7 Å². The predicted molar refractivity (Wildman–Crippen MR) is 305 cm³/mol. The molecular formula is C49H68N8O15S6. The molecule has 0 unspecified atom stereocenters. The van der Waals surface area contributed by atoms with Gasteiger partial charge in [0, 0.05) is 62.7 Å². The van der Waals surface area contributed by atoms with Crippen molar-refractivity contribution < 1.29 is 72.1 Å². The standard InChI is InChI=1S/C49H68N8O15S6/c1-49(2,3)72-46(67)51-21-39(59)55(5)35-29-78-77-28-34(41(61)57(7)37(27-74-9)45(66)76-25-33(43(63)64)53-48(69)71-23-31-18-14-11-15-19-31)54(4)38(58)20-50-40(60)32(52-47(68)70-22-30-16-12-10-13-17-30)24-75-44(65)36(26-73-8)56(6)42(35)62/h10-19,32-37H,20-29H2,1-9H3,(H,50,60)(H,51,67)(H,52,68)(H,53,69)(H,63,64)/t32-,33-,34+,35+,36+,37+/m1/s1. The van der Waals surface area contributed by atoms with Crippen molar-refractivity contribution in [3.63, 3.8) is 0 Å². The van der Waals surface area contributed by atoms with Crippen LogP contribution in [0.4, 0.5) is 14.4 Å². The zero-order valence-electron chi connectivity index (χ0n) is 44.7. The molecule has 29 heteroatoms. The first-order valence-corrected chi connectivity index (χ1v) is 31.2. The van der Waals surface area contributed by atoms with Crippen molar-refractivity contribution in [2.75, 3.05) is 88.3 Å². The Bertz CT molecular complexity index is 2390. The van der Waals surface area contributed by atoms with Gasteiger partial charge in [0.05, 0.1) is 6.54 Å². The average molecular weight is 1200 g/mol. The Hall–Kier alpha value is -5.49. The molecule has 5 N–H and O–H groups in total. The maximum absolute atomic E-state index is 14.7. The third-order valence-corrected chi connectivity index (χ3v) is 17.1. The predicted octanol–water partition coefficient (Wildman–Crippen LogP) is 3.25. The van der Waals surface area contributed by atoms with Gasteiger partial charge in [-0.2, -0.15) is 23.5 Å². The Morgan fingerprint density at radius 1 is 0.808 bits per heavy atom. The lowest BCUT2D eigenvalue weighted by molar-refractivity contribution is -0.144. The summed E-state index contributed by atoms with van der Waals surface area (Å²) in [7, 11) is 7.47. The number of carbonyl (C=O) groups is 11. The molecule has 6 atom stereocenters. The van der Waals surface area contributed by atoms with Gasteiger partial charge < -0.3 is 60.2 Å². The smallest absolute Gasteiger partial charge is 0.408 e. The molecule has 2 aromatic rings. The van der Waals surface area contributed by atoms with Gasteiger partial charge in [-0.1, -0.05) is 106 Å². The number of carboxylic acid groups (broad SMARTS) is 1. The number of alkyl carbamates (subject to hydrolysis) is 3. The van der Waals surface area contributed by atoms with E-state index >= 15 is 0 Å². The molecule has 1 saturated heterocycles. The van der Waals surface area contributed by atoms with Gasteiger partial charge in [-0.25, -0.2) is 19.2 Å². The maximum atomic E-state index is 14.7. The van der Waals surface area contributed by atoms with E-state index in [2.05, 4.69) is 21.3 Å². The van der Waals surface area contributed by atoms with Crippen molar-refractivity contribution in [1.82, 2.24) is 40.9 Å². The maximum Gasteiger partial charge on any atom is 0.408 e. The number of hydrogen-bond acceptors (Lipinski definition) is 20. The SMILES string of the molecule is CSC[C@H]1C(=O)SC[C@@H](NC(=O)OCc2ccccc2)C(=O)NCC(=O)N(C)[C@H](C(=O)N(C)[C@@H](CSC)C(=O)SC[C@@H](NC(=O)OCc2ccccc2)C(=O)O)CSSC[C@H](N(C)C(=O)CNC(=O)OC(C)(C)C)C(=O)N1C. The number of likely N-dealkylation sites (N-methyl/N-ethyl adjacent to an activating group) is 4. The zero-order valence-corrected chi connectivity index (χ0v) is 49.6. The highest BCUT2D eigenvalue weighted by Crippen LogP contribution is 2.29. The molecule has 1 aliphatic heterocycles.